The van der Waals surface area contributed by atoms with E-state index in [0.717, 1.165) is 31.1 Å². The Kier molecular flexibility index (Phi) is 5.05. The Labute approximate surface area is 165 Å². The number of benzene rings is 2. The molecule has 1 aliphatic heterocycles. The SMILES string of the molecule is COC(=O)C1CC2CCCCC2N1S(=O)(=O)c1ccc(OC)c2ccccc12. The first-order valence-electron chi connectivity index (χ1n) is 9.66. The Bertz CT molecular complexity index is 1000. The van der Waals surface area contributed by atoms with Crippen LogP contribution in [0.2, 0.25) is 0 Å². The molecule has 0 radical (unpaired) electrons. The average Bonchev–Trinajstić information content (AvgIpc) is 3.12. The van der Waals surface area contributed by atoms with E-state index in [1.54, 1.807) is 25.3 Å². The minimum Gasteiger partial charge on any atom is -0.496 e. The number of ether oxygens (including phenoxy) is 2. The zero-order chi connectivity index (χ0) is 19.9. The fourth-order valence-corrected chi connectivity index (χ4v) is 6.93. The average molecular weight is 404 g/mol. The van der Waals surface area contributed by atoms with Crippen molar-refractivity contribution >= 4 is 26.8 Å². The van der Waals surface area contributed by atoms with Gasteiger partial charge in [-0.2, -0.15) is 4.31 Å². The minimum atomic E-state index is -3.89. The van der Waals surface area contributed by atoms with E-state index in [1.807, 2.05) is 18.2 Å². The highest BCUT2D eigenvalue weighted by Crippen LogP contribution is 2.44. The van der Waals surface area contributed by atoms with Crippen molar-refractivity contribution in [3.63, 3.8) is 0 Å². The van der Waals surface area contributed by atoms with Crippen LogP contribution in [0, 0.1) is 5.92 Å². The van der Waals surface area contributed by atoms with E-state index in [9.17, 15) is 13.2 Å². The third kappa shape index (κ3) is 2.97. The fourth-order valence-electron chi connectivity index (χ4n) is 4.86. The van der Waals surface area contributed by atoms with Gasteiger partial charge in [0.2, 0.25) is 10.0 Å². The molecule has 150 valence electrons. The van der Waals surface area contributed by atoms with Crippen molar-refractivity contribution in [2.45, 2.75) is 49.1 Å². The number of carbonyl (C=O) groups is 1. The molecule has 2 aromatic rings. The third-order valence-electron chi connectivity index (χ3n) is 6.12. The summed E-state index contributed by atoms with van der Waals surface area (Å²) in [5, 5.41) is 1.34. The molecule has 2 aliphatic rings. The predicted molar refractivity (Wildman–Crippen MR) is 106 cm³/mol. The van der Waals surface area contributed by atoms with Gasteiger partial charge in [-0.05, 0) is 37.3 Å². The van der Waals surface area contributed by atoms with Gasteiger partial charge in [-0.1, -0.05) is 37.1 Å². The van der Waals surface area contributed by atoms with Crippen LogP contribution in [0.4, 0.5) is 0 Å². The number of fused-ring (bicyclic) bond motifs is 2. The molecule has 1 aliphatic carbocycles. The van der Waals surface area contributed by atoms with Crippen LogP contribution in [-0.4, -0.2) is 45.0 Å². The minimum absolute atomic E-state index is 0.149. The van der Waals surface area contributed by atoms with Gasteiger partial charge in [0.1, 0.15) is 11.8 Å². The zero-order valence-electron chi connectivity index (χ0n) is 16.1. The van der Waals surface area contributed by atoms with Gasteiger partial charge in [-0.25, -0.2) is 8.42 Å². The van der Waals surface area contributed by atoms with E-state index in [0.29, 0.717) is 17.6 Å². The molecule has 4 rings (SSSR count). The number of nitrogens with zero attached hydrogens (tertiary/aromatic N) is 1. The molecule has 0 aromatic heterocycles. The maximum atomic E-state index is 13.8. The van der Waals surface area contributed by atoms with Crippen LogP contribution in [0.1, 0.15) is 32.1 Å². The lowest BCUT2D eigenvalue weighted by molar-refractivity contribution is -0.144. The van der Waals surface area contributed by atoms with Gasteiger partial charge in [-0.15, -0.1) is 0 Å². The number of hydrogen-bond acceptors (Lipinski definition) is 5. The number of hydrogen-bond donors (Lipinski definition) is 0. The van der Waals surface area contributed by atoms with E-state index < -0.39 is 22.0 Å². The highest BCUT2D eigenvalue weighted by Gasteiger charge is 2.51. The van der Waals surface area contributed by atoms with Crippen LogP contribution in [0.5, 0.6) is 5.75 Å². The molecule has 2 fully saturated rings. The van der Waals surface area contributed by atoms with Crippen LogP contribution in [0.15, 0.2) is 41.3 Å². The molecule has 1 heterocycles. The normalized spacial score (nSPS) is 25.4. The van der Waals surface area contributed by atoms with Gasteiger partial charge in [0.25, 0.3) is 0 Å². The van der Waals surface area contributed by atoms with Gasteiger partial charge >= 0.3 is 5.97 Å². The summed E-state index contributed by atoms with van der Waals surface area (Å²) < 4.78 is 39.4. The number of carbonyl (C=O) groups excluding carboxylic acids is 1. The van der Waals surface area contributed by atoms with Crippen molar-refractivity contribution in [3.8, 4) is 5.75 Å². The molecule has 3 atom stereocenters. The maximum Gasteiger partial charge on any atom is 0.324 e. The zero-order valence-corrected chi connectivity index (χ0v) is 16.9. The van der Waals surface area contributed by atoms with Gasteiger partial charge < -0.3 is 9.47 Å². The molecular weight excluding hydrogens is 378 g/mol. The van der Waals surface area contributed by atoms with Gasteiger partial charge in [0.05, 0.1) is 19.1 Å². The standard InChI is InChI=1S/C21H25NO5S/c1-26-19-11-12-20(16-9-5-4-8-15(16)19)28(24,25)22-17-10-6-3-7-14(17)13-18(22)21(23)27-2/h4-5,8-9,11-12,14,17-18H,3,6-7,10,13H2,1-2H3. The van der Waals surface area contributed by atoms with Crippen molar-refractivity contribution in [1.29, 1.82) is 0 Å². The maximum absolute atomic E-state index is 13.8. The van der Waals surface area contributed by atoms with Crippen LogP contribution >= 0.6 is 0 Å². The monoisotopic (exact) mass is 403 g/mol. The Balaban J connectivity index is 1.87. The molecular formula is C21H25NO5S. The molecule has 28 heavy (non-hydrogen) atoms. The quantitative estimate of drug-likeness (QED) is 0.732. The molecule has 0 amide bonds. The van der Waals surface area contributed by atoms with E-state index in [4.69, 9.17) is 9.47 Å². The highest BCUT2D eigenvalue weighted by atomic mass is 32.2. The second-order valence-electron chi connectivity index (χ2n) is 7.53. The van der Waals surface area contributed by atoms with Crippen molar-refractivity contribution in [2.75, 3.05) is 14.2 Å². The topological polar surface area (TPSA) is 72.9 Å². The van der Waals surface area contributed by atoms with E-state index in [-0.39, 0.29) is 16.9 Å². The number of methoxy groups -OCH3 is 2. The molecule has 0 N–H and O–H groups in total. The molecule has 1 saturated heterocycles. The summed E-state index contributed by atoms with van der Waals surface area (Å²) in [5.74, 6) is 0.351. The number of rotatable bonds is 4. The first kappa shape index (κ1) is 19.2. The first-order valence-corrected chi connectivity index (χ1v) is 11.1. The van der Waals surface area contributed by atoms with Crippen LogP contribution in [-0.2, 0) is 19.6 Å². The van der Waals surface area contributed by atoms with Crippen molar-refractivity contribution in [1.82, 2.24) is 4.31 Å². The number of esters is 1. The Morgan fingerprint density at radius 3 is 2.46 bits per heavy atom. The van der Waals surface area contributed by atoms with Crippen LogP contribution in [0.25, 0.3) is 10.8 Å². The molecule has 3 unspecified atom stereocenters. The number of sulfonamides is 1. The largest absolute Gasteiger partial charge is 0.496 e. The van der Waals surface area contributed by atoms with Crippen LogP contribution in [0.3, 0.4) is 0 Å². The van der Waals surface area contributed by atoms with Gasteiger partial charge in [0, 0.05) is 16.8 Å². The van der Waals surface area contributed by atoms with E-state index >= 15 is 0 Å². The fraction of sp³-hybridized carbons (Fsp3) is 0.476. The Hall–Kier alpha value is -2.12. The van der Waals surface area contributed by atoms with Crippen molar-refractivity contribution in [3.05, 3.63) is 36.4 Å². The summed E-state index contributed by atoms with van der Waals surface area (Å²) in [5.41, 5.74) is 0. The first-order chi connectivity index (χ1) is 13.5. The molecule has 2 aromatic carbocycles. The van der Waals surface area contributed by atoms with Gasteiger partial charge in [-0.3, -0.25) is 4.79 Å². The summed E-state index contributed by atoms with van der Waals surface area (Å²) in [6, 6.07) is 9.65. The van der Waals surface area contributed by atoms with Crippen molar-refractivity contribution < 1.29 is 22.7 Å². The summed E-state index contributed by atoms with van der Waals surface area (Å²) >= 11 is 0. The second kappa shape index (κ2) is 7.37. The second-order valence-corrected chi connectivity index (χ2v) is 9.34. The Morgan fingerprint density at radius 1 is 1.04 bits per heavy atom. The lowest BCUT2D eigenvalue weighted by Gasteiger charge is -2.32. The van der Waals surface area contributed by atoms with Crippen molar-refractivity contribution in [2.24, 2.45) is 5.92 Å². The van der Waals surface area contributed by atoms with E-state index in [1.165, 1.54) is 11.4 Å². The van der Waals surface area contributed by atoms with Crippen LogP contribution < -0.4 is 4.74 Å². The molecule has 0 spiro atoms. The predicted octanol–water partition coefficient (Wildman–Crippen LogP) is 3.34. The van der Waals surface area contributed by atoms with E-state index in [2.05, 4.69) is 0 Å². The molecule has 0 bridgehead atoms. The highest BCUT2D eigenvalue weighted by molar-refractivity contribution is 7.89. The Morgan fingerprint density at radius 2 is 1.75 bits per heavy atom. The summed E-state index contributed by atoms with van der Waals surface area (Å²) in [7, 11) is -1.00. The molecule has 7 heteroatoms. The summed E-state index contributed by atoms with van der Waals surface area (Å²) in [6.07, 6.45) is 4.32. The summed E-state index contributed by atoms with van der Waals surface area (Å²) in [6.45, 7) is 0. The lowest BCUT2D eigenvalue weighted by atomic mass is 9.85. The lowest BCUT2D eigenvalue weighted by Crippen LogP contribution is -2.46. The smallest absolute Gasteiger partial charge is 0.324 e. The van der Waals surface area contributed by atoms with Gasteiger partial charge in [0.15, 0.2) is 0 Å². The third-order valence-corrected chi connectivity index (χ3v) is 8.11. The molecule has 6 nitrogen and oxygen atoms in total. The molecule has 1 saturated carbocycles. The summed E-state index contributed by atoms with van der Waals surface area (Å²) in [4.78, 5) is 12.7.